The van der Waals surface area contributed by atoms with E-state index in [0.29, 0.717) is 17.9 Å². The second-order valence-electron chi connectivity index (χ2n) is 4.59. The van der Waals surface area contributed by atoms with Crippen LogP contribution >= 0.6 is 11.6 Å². The van der Waals surface area contributed by atoms with Gasteiger partial charge in [0.15, 0.2) is 0 Å². The number of nitrogens with two attached hydrogens (primary N) is 1. The fraction of sp³-hybridized carbons (Fsp3) is 0.188. The first-order valence-corrected chi connectivity index (χ1v) is 6.62. The molecule has 0 saturated carbocycles. The zero-order chi connectivity index (χ0) is 13.7. The van der Waals surface area contributed by atoms with Crippen LogP contribution in [0.4, 0.5) is 5.69 Å². The molecule has 0 atom stereocenters. The number of halogens is 1. The van der Waals surface area contributed by atoms with E-state index in [1.54, 1.807) is 0 Å². The summed E-state index contributed by atoms with van der Waals surface area (Å²) in [5.74, 6) is 0.213. The van der Waals surface area contributed by atoms with Crippen LogP contribution < -0.4 is 5.73 Å². The standard InChI is InChI=1S/C16H16ClNO/c17-14-5-1-4-13(9-14)11-16(19)8-7-12-3-2-6-15(18)10-12/h1-6,9-10H,7-8,11,18H2. The molecule has 2 aromatic rings. The molecule has 3 heteroatoms. The molecule has 0 aliphatic rings. The van der Waals surface area contributed by atoms with Crippen LogP contribution in [0.1, 0.15) is 17.5 Å². The predicted molar refractivity (Wildman–Crippen MR) is 79.3 cm³/mol. The number of Topliss-reactive ketones (excluding diaryl/α,β-unsaturated/α-hetero) is 1. The van der Waals surface area contributed by atoms with E-state index in [0.717, 1.165) is 23.2 Å². The van der Waals surface area contributed by atoms with Gasteiger partial charge in [0.25, 0.3) is 0 Å². The van der Waals surface area contributed by atoms with Gasteiger partial charge in [0.05, 0.1) is 0 Å². The molecule has 98 valence electrons. The highest BCUT2D eigenvalue weighted by Gasteiger charge is 2.05. The molecule has 2 nitrogen and oxygen atoms in total. The summed E-state index contributed by atoms with van der Waals surface area (Å²) in [6.45, 7) is 0. The van der Waals surface area contributed by atoms with Gasteiger partial charge < -0.3 is 5.73 Å². The number of ketones is 1. The molecule has 0 fully saturated rings. The number of carbonyl (C=O) groups is 1. The third-order valence-corrected chi connectivity index (χ3v) is 3.17. The van der Waals surface area contributed by atoms with Gasteiger partial charge in [-0.1, -0.05) is 35.9 Å². The molecule has 0 amide bonds. The molecule has 0 heterocycles. The van der Waals surface area contributed by atoms with Crippen molar-refractivity contribution < 1.29 is 4.79 Å². The van der Waals surface area contributed by atoms with E-state index in [1.165, 1.54) is 0 Å². The Morgan fingerprint density at radius 1 is 1.05 bits per heavy atom. The van der Waals surface area contributed by atoms with Gasteiger partial charge in [-0.15, -0.1) is 0 Å². The second-order valence-corrected chi connectivity index (χ2v) is 5.03. The molecule has 0 bridgehead atoms. The van der Waals surface area contributed by atoms with Crippen molar-refractivity contribution in [1.82, 2.24) is 0 Å². The molecule has 2 rings (SSSR count). The Balaban J connectivity index is 1.88. The lowest BCUT2D eigenvalue weighted by atomic mass is 10.0. The summed E-state index contributed by atoms with van der Waals surface area (Å²) >= 11 is 5.89. The van der Waals surface area contributed by atoms with Crippen molar-refractivity contribution in [2.45, 2.75) is 19.3 Å². The maximum Gasteiger partial charge on any atom is 0.137 e. The van der Waals surface area contributed by atoms with Gasteiger partial charge in [-0.05, 0) is 41.8 Å². The average Bonchev–Trinajstić information content (AvgIpc) is 2.36. The Bertz CT molecular complexity index is 580. The molecule has 0 unspecified atom stereocenters. The lowest BCUT2D eigenvalue weighted by Crippen LogP contribution is -2.04. The van der Waals surface area contributed by atoms with E-state index in [1.807, 2.05) is 48.5 Å². The minimum Gasteiger partial charge on any atom is -0.399 e. The van der Waals surface area contributed by atoms with Gasteiger partial charge in [-0.25, -0.2) is 0 Å². The van der Waals surface area contributed by atoms with Crippen LogP contribution in [-0.4, -0.2) is 5.78 Å². The number of aryl methyl sites for hydroxylation is 1. The smallest absolute Gasteiger partial charge is 0.137 e. The summed E-state index contributed by atoms with van der Waals surface area (Å²) in [4.78, 5) is 11.9. The van der Waals surface area contributed by atoms with Crippen molar-refractivity contribution in [3.8, 4) is 0 Å². The highest BCUT2D eigenvalue weighted by Crippen LogP contribution is 2.13. The van der Waals surface area contributed by atoms with E-state index >= 15 is 0 Å². The van der Waals surface area contributed by atoms with Gasteiger partial charge in [0, 0.05) is 23.6 Å². The van der Waals surface area contributed by atoms with Crippen LogP contribution in [0.15, 0.2) is 48.5 Å². The van der Waals surface area contributed by atoms with Crippen LogP contribution in [0, 0.1) is 0 Å². The first-order valence-electron chi connectivity index (χ1n) is 6.24. The van der Waals surface area contributed by atoms with Crippen LogP contribution in [0.2, 0.25) is 5.02 Å². The number of hydrogen-bond donors (Lipinski definition) is 1. The second kappa shape index (κ2) is 6.39. The number of carbonyl (C=O) groups excluding carboxylic acids is 1. The number of hydrogen-bond acceptors (Lipinski definition) is 2. The van der Waals surface area contributed by atoms with Crippen molar-refractivity contribution in [1.29, 1.82) is 0 Å². The molecule has 2 aromatic carbocycles. The van der Waals surface area contributed by atoms with Crippen LogP contribution in [-0.2, 0) is 17.6 Å². The molecule has 2 N–H and O–H groups in total. The first-order chi connectivity index (χ1) is 9.13. The van der Waals surface area contributed by atoms with E-state index in [9.17, 15) is 4.79 Å². The van der Waals surface area contributed by atoms with Crippen molar-refractivity contribution in [2.24, 2.45) is 0 Å². The van der Waals surface area contributed by atoms with Gasteiger partial charge in [-0.3, -0.25) is 4.79 Å². The number of benzene rings is 2. The van der Waals surface area contributed by atoms with Crippen molar-refractivity contribution >= 4 is 23.1 Å². The maximum absolute atomic E-state index is 11.9. The van der Waals surface area contributed by atoms with Gasteiger partial charge in [-0.2, -0.15) is 0 Å². The highest BCUT2D eigenvalue weighted by atomic mass is 35.5. The summed E-state index contributed by atoms with van der Waals surface area (Å²) < 4.78 is 0. The molecule has 0 aromatic heterocycles. The van der Waals surface area contributed by atoms with Crippen molar-refractivity contribution in [3.05, 3.63) is 64.7 Å². The third kappa shape index (κ3) is 4.42. The first kappa shape index (κ1) is 13.6. The summed E-state index contributed by atoms with van der Waals surface area (Å²) in [7, 11) is 0. The van der Waals surface area contributed by atoms with Crippen LogP contribution in [0.5, 0.6) is 0 Å². The van der Waals surface area contributed by atoms with Crippen molar-refractivity contribution in [2.75, 3.05) is 5.73 Å². The number of rotatable bonds is 5. The normalized spacial score (nSPS) is 10.4. The average molecular weight is 274 g/mol. The lowest BCUT2D eigenvalue weighted by molar-refractivity contribution is -0.118. The Hall–Kier alpha value is -1.80. The topological polar surface area (TPSA) is 43.1 Å². The lowest BCUT2D eigenvalue weighted by Gasteiger charge is -2.03. The third-order valence-electron chi connectivity index (χ3n) is 2.93. The van der Waals surface area contributed by atoms with E-state index in [4.69, 9.17) is 17.3 Å². The Morgan fingerprint density at radius 2 is 1.79 bits per heavy atom. The molecule has 0 saturated heterocycles. The quantitative estimate of drug-likeness (QED) is 0.845. The van der Waals surface area contributed by atoms with E-state index in [2.05, 4.69) is 0 Å². The van der Waals surface area contributed by atoms with Crippen molar-refractivity contribution in [3.63, 3.8) is 0 Å². The molecule has 0 aliphatic carbocycles. The fourth-order valence-corrected chi connectivity index (χ4v) is 2.21. The Morgan fingerprint density at radius 3 is 2.53 bits per heavy atom. The fourth-order valence-electron chi connectivity index (χ4n) is 2.00. The van der Waals surface area contributed by atoms with Crippen LogP contribution in [0.25, 0.3) is 0 Å². The Kier molecular flexibility index (Phi) is 4.58. The SMILES string of the molecule is Nc1cccc(CCC(=O)Cc2cccc(Cl)c2)c1. The number of anilines is 1. The predicted octanol–water partition coefficient (Wildman–Crippen LogP) is 3.67. The van der Waals surface area contributed by atoms with Gasteiger partial charge >= 0.3 is 0 Å². The minimum atomic E-state index is 0.213. The monoisotopic (exact) mass is 273 g/mol. The molecule has 0 aliphatic heterocycles. The number of nitrogen functional groups attached to an aromatic ring is 1. The minimum absolute atomic E-state index is 0.213. The maximum atomic E-state index is 11.9. The molecule has 0 radical (unpaired) electrons. The van der Waals surface area contributed by atoms with E-state index in [-0.39, 0.29) is 5.78 Å². The van der Waals surface area contributed by atoms with Crippen LogP contribution in [0.3, 0.4) is 0 Å². The Labute approximate surface area is 118 Å². The molecular formula is C16H16ClNO. The van der Waals surface area contributed by atoms with E-state index < -0.39 is 0 Å². The zero-order valence-electron chi connectivity index (χ0n) is 10.6. The van der Waals surface area contributed by atoms with Gasteiger partial charge in [0.1, 0.15) is 5.78 Å². The summed E-state index contributed by atoms with van der Waals surface area (Å²) in [5, 5.41) is 0.668. The molecular weight excluding hydrogens is 258 g/mol. The molecule has 0 spiro atoms. The summed E-state index contributed by atoms with van der Waals surface area (Å²) in [6, 6.07) is 15.1. The largest absolute Gasteiger partial charge is 0.399 e. The summed E-state index contributed by atoms with van der Waals surface area (Å²) in [5.41, 5.74) is 8.50. The summed E-state index contributed by atoms with van der Waals surface area (Å²) in [6.07, 6.45) is 1.68. The highest BCUT2D eigenvalue weighted by molar-refractivity contribution is 6.30. The molecule has 19 heavy (non-hydrogen) atoms. The zero-order valence-corrected chi connectivity index (χ0v) is 11.4. The van der Waals surface area contributed by atoms with Gasteiger partial charge in [0.2, 0.25) is 0 Å².